The second-order valence-electron chi connectivity index (χ2n) is 7.01. The number of ether oxygens (including phenoxy) is 2. The van der Waals surface area contributed by atoms with Crippen LogP contribution in [0.3, 0.4) is 0 Å². The molecule has 0 unspecified atom stereocenters. The molecule has 2 N–H and O–H groups in total. The highest BCUT2D eigenvalue weighted by molar-refractivity contribution is 5.97. The number of carbonyl (C=O) groups excluding carboxylic acids is 1. The van der Waals surface area contributed by atoms with Gasteiger partial charge in [-0.25, -0.2) is 0 Å². The number of H-pyrrole nitrogens is 1. The number of aromatic nitrogens is 1. The van der Waals surface area contributed by atoms with Crippen LogP contribution in [0.5, 0.6) is 11.5 Å². The molecule has 6 heteroatoms. The zero-order valence-corrected chi connectivity index (χ0v) is 17.5. The average molecular weight is 408 g/mol. The van der Waals surface area contributed by atoms with Crippen molar-refractivity contribution in [1.29, 1.82) is 0 Å². The Balaban J connectivity index is 1.82. The number of rotatable bonds is 10. The fourth-order valence-electron chi connectivity index (χ4n) is 3.24. The molecule has 0 bridgehead atoms. The van der Waals surface area contributed by atoms with Gasteiger partial charge in [0.25, 0.3) is 5.91 Å². The van der Waals surface area contributed by atoms with Crippen molar-refractivity contribution < 1.29 is 14.3 Å². The molecule has 0 saturated carbocycles. The molecule has 158 valence electrons. The molecule has 0 saturated heterocycles. The summed E-state index contributed by atoms with van der Waals surface area (Å²) in [5, 5.41) is 3.18. The number of aromatic amines is 1. The largest absolute Gasteiger partial charge is 0.490 e. The molecule has 1 amide bonds. The smallest absolute Gasteiger partial charge is 0.256 e. The summed E-state index contributed by atoms with van der Waals surface area (Å²) in [6.45, 7) is 5.22. The van der Waals surface area contributed by atoms with Gasteiger partial charge in [0.15, 0.2) is 0 Å². The normalized spacial score (nSPS) is 10.7. The molecule has 3 aromatic rings. The quantitative estimate of drug-likeness (QED) is 0.496. The summed E-state index contributed by atoms with van der Waals surface area (Å²) in [6.07, 6.45) is 4.27. The van der Waals surface area contributed by atoms with Crippen LogP contribution in [-0.4, -0.2) is 30.6 Å². The van der Waals surface area contributed by atoms with E-state index in [-0.39, 0.29) is 16.9 Å². The minimum atomic E-state index is -0.367. The maximum atomic E-state index is 12.9. The third-order valence-electron chi connectivity index (χ3n) is 4.80. The average Bonchev–Trinajstić information content (AvgIpc) is 2.76. The Hall–Kier alpha value is -3.28. The molecule has 30 heavy (non-hydrogen) atoms. The summed E-state index contributed by atoms with van der Waals surface area (Å²) in [4.78, 5) is 28.1. The summed E-state index contributed by atoms with van der Waals surface area (Å²) in [5.74, 6) is 1.16. The Labute approximate surface area is 176 Å². The SMILES string of the molecule is CCCCc1cc2c(=O)c(C(=O)NCC)c[nH]c2cc1OCCOc1ccccc1. The molecule has 6 nitrogen and oxygen atoms in total. The summed E-state index contributed by atoms with van der Waals surface area (Å²) in [5.41, 5.74) is 1.46. The highest BCUT2D eigenvalue weighted by atomic mass is 16.5. The van der Waals surface area contributed by atoms with E-state index in [0.717, 1.165) is 36.3 Å². The van der Waals surface area contributed by atoms with Gasteiger partial charge in [-0.05, 0) is 43.5 Å². The van der Waals surface area contributed by atoms with Crippen molar-refractivity contribution in [2.75, 3.05) is 19.8 Å². The zero-order chi connectivity index (χ0) is 21.3. The molecule has 0 aliphatic rings. The van der Waals surface area contributed by atoms with Gasteiger partial charge in [-0.15, -0.1) is 0 Å². The minimum Gasteiger partial charge on any atom is -0.490 e. The van der Waals surface area contributed by atoms with Crippen LogP contribution < -0.4 is 20.2 Å². The van der Waals surface area contributed by atoms with E-state index in [9.17, 15) is 9.59 Å². The molecule has 1 heterocycles. The monoisotopic (exact) mass is 408 g/mol. The van der Waals surface area contributed by atoms with Gasteiger partial charge < -0.3 is 19.8 Å². The van der Waals surface area contributed by atoms with Crippen LogP contribution in [0.25, 0.3) is 10.9 Å². The molecule has 1 aromatic heterocycles. The number of aryl methyl sites for hydroxylation is 1. The number of nitrogens with one attached hydrogen (secondary N) is 2. The van der Waals surface area contributed by atoms with Crippen LogP contribution >= 0.6 is 0 Å². The Morgan fingerprint density at radius 1 is 1.07 bits per heavy atom. The first-order valence-corrected chi connectivity index (χ1v) is 10.4. The number of amides is 1. The summed E-state index contributed by atoms with van der Waals surface area (Å²) in [6, 6.07) is 13.3. The Morgan fingerprint density at radius 3 is 2.57 bits per heavy atom. The molecular formula is C24H28N2O4. The van der Waals surface area contributed by atoms with Gasteiger partial charge in [0, 0.05) is 24.2 Å². The highest BCUT2D eigenvalue weighted by Gasteiger charge is 2.15. The number of unbranched alkanes of at least 4 members (excludes halogenated alkanes) is 1. The predicted octanol–water partition coefficient (Wildman–Crippen LogP) is 4.08. The molecular weight excluding hydrogens is 380 g/mol. The Morgan fingerprint density at radius 2 is 1.83 bits per heavy atom. The van der Waals surface area contributed by atoms with E-state index in [0.29, 0.717) is 30.7 Å². The maximum absolute atomic E-state index is 12.9. The van der Waals surface area contributed by atoms with Gasteiger partial charge in [-0.2, -0.15) is 0 Å². The van der Waals surface area contributed by atoms with Crippen molar-refractivity contribution in [2.45, 2.75) is 33.1 Å². The molecule has 0 aliphatic heterocycles. The number of hydrogen-bond donors (Lipinski definition) is 2. The van der Waals surface area contributed by atoms with Crippen molar-refractivity contribution in [1.82, 2.24) is 10.3 Å². The first-order chi connectivity index (χ1) is 14.6. The lowest BCUT2D eigenvalue weighted by molar-refractivity contribution is 0.0954. The van der Waals surface area contributed by atoms with Gasteiger partial charge in [-0.1, -0.05) is 31.5 Å². The van der Waals surface area contributed by atoms with Crippen molar-refractivity contribution in [3.8, 4) is 11.5 Å². The van der Waals surface area contributed by atoms with Crippen molar-refractivity contribution in [3.05, 3.63) is 70.0 Å². The highest BCUT2D eigenvalue weighted by Crippen LogP contribution is 2.25. The van der Waals surface area contributed by atoms with Gasteiger partial charge in [0.1, 0.15) is 30.3 Å². The third-order valence-corrected chi connectivity index (χ3v) is 4.80. The first-order valence-electron chi connectivity index (χ1n) is 10.4. The number of para-hydroxylation sites is 1. The van der Waals surface area contributed by atoms with Gasteiger partial charge in [0.2, 0.25) is 5.43 Å². The van der Waals surface area contributed by atoms with E-state index in [2.05, 4.69) is 17.2 Å². The number of hydrogen-bond acceptors (Lipinski definition) is 4. The fourth-order valence-corrected chi connectivity index (χ4v) is 3.24. The maximum Gasteiger partial charge on any atom is 0.256 e. The lowest BCUT2D eigenvalue weighted by atomic mass is 10.0. The zero-order valence-electron chi connectivity index (χ0n) is 17.5. The van der Waals surface area contributed by atoms with Crippen molar-refractivity contribution >= 4 is 16.8 Å². The number of fused-ring (bicyclic) bond motifs is 1. The predicted molar refractivity (Wildman–Crippen MR) is 119 cm³/mol. The summed E-state index contributed by atoms with van der Waals surface area (Å²) < 4.78 is 11.7. The molecule has 0 radical (unpaired) electrons. The molecule has 3 rings (SSSR count). The van der Waals surface area contributed by atoms with E-state index >= 15 is 0 Å². The van der Waals surface area contributed by atoms with Crippen LogP contribution in [0, 0.1) is 0 Å². The summed E-state index contributed by atoms with van der Waals surface area (Å²) >= 11 is 0. The van der Waals surface area contributed by atoms with E-state index in [4.69, 9.17) is 9.47 Å². The van der Waals surface area contributed by atoms with Crippen LogP contribution in [0.15, 0.2) is 53.5 Å². The van der Waals surface area contributed by atoms with Gasteiger partial charge >= 0.3 is 0 Å². The van der Waals surface area contributed by atoms with E-state index in [1.54, 1.807) is 0 Å². The minimum absolute atomic E-state index is 0.121. The molecule has 0 atom stereocenters. The number of carbonyl (C=O) groups is 1. The second kappa shape index (κ2) is 10.5. The topological polar surface area (TPSA) is 80.4 Å². The van der Waals surface area contributed by atoms with E-state index in [1.807, 2.05) is 49.4 Å². The Bertz CT molecular complexity index is 1040. The number of pyridine rings is 1. The molecule has 0 aliphatic carbocycles. The molecule has 2 aromatic carbocycles. The van der Waals surface area contributed by atoms with E-state index < -0.39 is 0 Å². The first kappa shape index (κ1) is 21.4. The molecule has 0 fully saturated rings. The van der Waals surface area contributed by atoms with E-state index in [1.165, 1.54) is 6.20 Å². The lowest BCUT2D eigenvalue weighted by Crippen LogP contribution is -2.28. The van der Waals surface area contributed by atoms with Crippen molar-refractivity contribution in [3.63, 3.8) is 0 Å². The summed E-state index contributed by atoms with van der Waals surface area (Å²) in [7, 11) is 0. The fraction of sp³-hybridized carbons (Fsp3) is 0.333. The van der Waals surface area contributed by atoms with Crippen molar-refractivity contribution in [2.24, 2.45) is 0 Å². The second-order valence-corrected chi connectivity index (χ2v) is 7.01. The van der Waals surface area contributed by atoms with Crippen LogP contribution in [0.4, 0.5) is 0 Å². The standard InChI is InChI=1S/C24H28N2O4/c1-3-5-9-17-14-19-21(26-16-20(23(19)27)24(28)25-4-2)15-22(17)30-13-12-29-18-10-7-6-8-11-18/h6-8,10-11,14-16H,3-5,9,12-13H2,1-2H3,(H,25,28)(H,26,27). The van der Waals surface area contributed by atoms with Gasteiger partial charge in [0.05, 0.1) is 5.52 Å². The van der Waals surface area contributed by atoms with Crippen LogP contribution in [0.2, 0.25) is 0 Å². The Kier molecular flexibility index (Phi) is 7.49. The lowest BCUT2D eigenvalue weighted by Gasteiger charge is -2.14. The number of benzene rings is 2. The van der Waals surface area contributed by atoms with Gasteiger partial charge in [-0.3, -0.25) is 9.59 Å². The third kappa shape index (κ3) is 5.20. The van der Waals surface area contributed by atoms with Crippen LogP contribution in [-0.2, 0) is 6.42 Å². The van der Waals surface area contributed by atoms with Crippen LogP contribution in [0.1, 0.15) is 42.6 Å². The molecule has 0 spiro atoms.